The number of hydrogen-bond donors (Lipinski definition) is 1. The topological polar surface area (TPSA) is 94.0 Å². The number of benzene rings is 1. The average Bonchev–Trinajstić information content (AvgIpc) is 3.59. The molecule has 4 aromatic rings. The van der Waals surface area contributed by atoms with Crippen LogP contribution >= 0.6 is 0 Å². The highest BCUT2D eigenvalue weighted by Gasteiger charge is 2.39. The maximum absolute atomic E-state index is 14.1. The lowest BCUT2D eigenvalue weighted by atomic mass is 9.88. The van der Waals surface area contributed by atoms with E-state index in [9.17, 15) is 18.0 Å². The Hall–Kier alpha value is -4.35. The van der Waals surface area contributed by atoms with Crippen molar-refractivity contribution >= 4 is 5.91 Å². The summed E-state index contributed by atoms with van der Waals surface area (Å²) in [5.41, 5.74) is 1.88. The van der Waals surface area contributed by atoms with E-state index >= 15 is 0 Å². The molecule has 9 nitrogen and oxygen atoms in total. The molecule has 2 aliphatic rings. The van der Waals surface area contributed by atoms with Crippen LogP contribution in [0.2, 0.25) is 0 Å². The fourth-order valence-corrected chi connectivity index (χ4v) is 5.46. The van der Waals surface area contributed by atoms with Crippen molar-refractivity contribution in [2.24, 2.45) is 0 Å². The molecule has 1 fully saturated rings. The number of ether oxygens (including phenoxy) is 1. The Labute approximate surface area is 234 Å². The number of carbonyl (C=O) groups is 1. The van der Waals surface area contributed by atoms with Crippen molar-refractivity contribution < 1.29 is 22.7 Å². The molecule has 12 heteroatoms. The molecule has 1 amide bonds. The summed E-state index contributed by atoms with van der Waals surface area (Å²) >= 11 is 0. The Bertz CT molecular complexity index is 1680. The highest BCUT2D eigenvalue weighted by Crippen LogP contribution is 2.40. The van der Waals surface area contributed by atoms with Crippen LogP contribution in [0.4, 0.5) is 13.2 Å². The van der Waals surface area contributed by atoms with Crippen LogP contribution in [0, 0.1) is 5.41 Å². The molecule has 1 aliphatic carbocycles. The van der Waals surface area contributed by atoms with Gasteiger partial charge in [0.05, 0.1) is 25.9 Å². The van der Waals surface area contributed by atoms with Gasteiger partial charge in [0.1, 0.15) is 5.75 Å². The summed E-state index contributed by atoms with van der Waals surface area (Å²) in [6.45, 7) is 2.82. The number of imidazole rings is 1. The van der Waals surface area contributed by atoms with Crippen molar-refractivity contribution in [2.45, 2.75) is 58.0 Å². The number of fused-ring (bicyclic) bond motifs is 1. The maximum atomic E-state index is 14.1. The zero-order valence-corrected chi connectivity index (χ0v) is 22.8. The predicted molar refractivity (Wildman–Crippen MR) is 143 cm³/mol. The van der Waals surface area contributed by atoms with E-state index in [1.54, 1.807) is 60.2 Å². The number of carbonyl (C=O) groups excluding carboxylic acids is 1. The highest BCUT2D eigenvalue weighted by atomic mass is 19.4. The molecule has 0 spiro atoms. The minimum atomic E-state index is -4.66. The molecular formula is C29H30F3N7O2. The fraction of sp³-hybridized carbons (Fsp3) is 0.379. The molecule has 214 valence electrons. The van der Waals surface area contributed by atoms with Crippen LogP contribution < -0.4 is 10.4 Å². The van der Waals surface area contributed by atoms with Gasteiger partial charge in [-0.05, 0) is 61.1 Å². The Kier molecular flexibility index (Phi) is 6.71. The summed E-state index contributed by atoms with van der Waals surface area (Å²) in [7, 11) is 1.56. The summed E-state index contributed by atoms with van der Waals surface area (Å²) in [6.07, 6.45) is 4.45. The molecule has 1 aromatic carbocycles. The number of nitrogens with zero attached hydrogens (tertiary/aromatic N) is 6. The molecule has 1 saturated carbocycles. The zero-order valence-electron chi connectivity index (χ0n) is 22.8. The number of methoxy groups -OCH3 is 1. The van der Waals surface area contributed by atoms with Gasteiger partial charge in [-0.2, -0.15) is 18.3 Å². The van der Waals surface area contributed by atoms with Gasteiger partial charge in [-0.25, -0.2) is 0 Å². The zero-order chi connectivity index (χ0) is 28.9. The molecule has 0 bridgehead atoms. The lowest BCUT2D eigenvalue weighted by molar-refractivity contribution is -0.141. The SMILES string of the molecule is CCn1cc(-c2cc(Cn3ccn(C4CC4)c3=N)cc3c2CCN(Cc2cc(OC)ccn2)C3=O)c(C(F)(F)F)n1. The van der Waals surface area contributed by atoms with Crippen LogP contribution in [0.3, 0.4) is 0 Å². The molecule has 0 saturated heterocycles. The van der Waals surface area contributed by atoms with Crippen molar-refractivity contribution in [1.29, 1.82) is 5.41 Å². The molecule has 1 N–H and O–H groups in total. The lowest BCUT2D eigenvalue weighted by Gasteiger charge is -2.30. The number of aromatic nitrogens is 5. The Morgan fingerprint density at radius 1 is 1.10 bits per heavy atom. The number of pyridine rings is 1. The van der Waals surface area contributed by atoms with Gasteiger partial charge in [0.15, 0.2) is 5.69 Å². The maximum Gasteiger partial charge on any atom is 0.435 e. The largest absolute Gasteiger partial charge is 0.497 e. The smallest absolute Gasteiger partial charge is 0.435 e. The second kappa shape index (κ2) is 10.2. The number of halogens is 3. The number of rotatable bonds is 8. The number of nitrogens with one attached hydrogen (secondary N) is 1. The first kappa shape index (κ1) is 26.9. The standard InChI is InChI=1S/C29H30F3N7O2/c1-3-38-17-25(26(35-38)29(30,31)32)23-12-18(15-37-10-11-39(28(37)33)20-4-5-20)13-24-22(23)7-9-36(27(24)40)16-19-14-21(41-2)6-8-34-19/h6,8,10-14,17,20,33H,3-5,7,9,15-16H2,1-2H3. The third kappa shape index (κ3) is 5.14. The van der Waals surface area contributed by atoms with Crippen LogP contribution in [-0.4, -0.2) is 48.4 Å². The van der Waals surface area contributed by atoms with Crippen LogP contribution in [-0.2, 0) is 32.2 Å². The molecule has 3 aromatic heterocycles. The van der Waals surface area contributed by atoms with Gasteiger partial charge in [-0.1, -0.05) is 0 Å². The lowest BCUT2D eigenvalue weighted by Crippen LogP contribution is -2.37. The van der Waals surface area contributed by atoms with Gasteiger partial charge in [0.25, 0.3) is 5.91 Å². The number of alkyl halides is 3. The Morgan fingerprint density at radius 3 is 2.59 bits per heavy atom. The van der Waals surface area contributed by atoms with Crippen molar-refractivity contribution in [3.05, 3.63) is 82.7 Å². The van der Waals surface area contributed by atoms with Crippen molar-refractivity contribution in [2.75, 3.05) is 13.7 Å². The number of hydrogen-bond acceptors (Lipinski definition) is 5. The van der Waals surface area contributed by atoms with E-state index in [4.69, 9.17) is 10.1 Å². The fourth-order valence-electron chi connectivity index (χ4n) is 5.46. The van der Waals surface area contributed by atoms with Gasteiger partial charge in [-0.3, -0.25) is 19.9 Å². The first-order valence-corrected chi connectivity index (χ1v) is 13.6. The first-order chi connectivity index (χ1) is 19.7. The average molecular weight is 566 g/mol. The first-order valence-electron chi connectivity index (χ1n) is 13.6. The quantitative estimate of drug-likeness (QED) is 0.337. The van der Waals surface area contributed by atoms with Crippen LogP contribution in [0.5, 0.6) is 5.75 Å². The number of aryl methyl sites for hydroxylation is 1. The third-order valence-electron chi connectivity index (χ3n) is 7.70. The van der Waals surface area contributed by atoms with Gasteiger partial charge in [0.2, 0.25) is 5.62 Å². The van der Waals surface area contributed by atoms with E-state index in [1.807, 2.05) is 10.8 Å². The summed E-state index contributed by atoms with van der Waals surface area (Å²) in [5.74, 6) is 0.348. The van der Waals surface area contributed by atoms with Crippen molar-refractivity contribution in [3.63, 3.8) is 0 Å². The van der Waals surface area contributed by atoms with Gasteiger partial charge in [0, 0.05) is 61.1 Å². The van der Waals surface area contributed by atoms with Crippen LogP contribution in [0.1, 0.15) is 58.7 Å². The molecule has 0 atom stereocenters. The summed E-state index contributed by atoms with van der Waals surface area (Å²) < 4.78 is 52.6. The predicted octanol–water partition coefficient (Wildman–Crippen LogP) is 4.66. The van der Waals surface area contributed by atoms with Crippen molar-refractivity contribution in [3.8, 4) is 16.9 Å². The number of amides is 1. The van der Waals surface area contributed by atoms with Crippen LogP contribution in [0.25, 0.3) is 11.1 Å². The molecular weight excluding hydrogens is 535 g/mol. The van der Waals surface area contributed by atoms with Gasteiger partial charge >= 0.3 is 6.18 Å². The molecule has 4 heterocycles. The van der Waals surface area contributed by atoms with E-state index in [1.165, 1.54) is 10.9 Å². The molecule has 0 radical (unpaired) electrons. The van der Waals surface area contributed by atoms with Crippen LogP contribution in [0.15, 0.2) is 49.1 Å². The minimum Gasteiger partial charge on any atom is -0.497 e. The normalized spacial score (nSPS) is 15.3. The van der Waals surface area contributed by atoms with E-state index in [0.29, 0.717) is 58.3 Å². The second-order valence-corrected chi connectivity index (χ2v) is 10.5. The van der Waals surface area contributed by atoms with Gasteiger partial charge in [-0.15, -0.1) is 0 Å². The summed E-state index contributed by atoms with van der Waals surface area (Å²) in [5, 5.41) is 12.4. The van der Waals surface area contributed by atoms with E-state index in [2.05, 4.69) is 10.1 Å². The van der Waals surface area contributed by atoms with Gasteiger partial charge < -0.3 is 18.8 Å². The molecule has 6 rings (SSSR count). The second-order valence-electron chi connectivity index (χ2n) is 10.5. The van der Waals surface area contributed by atoms with E-state index in [0.717, 1.165) is 12.8 Å². The molecule has 1 aliphatic heterocycles. The Morgan fingerprint density at radius 2 is 1.88 bits per heavy atom. The highest BCUT2D eigenvalue weighted by molar-refractivity contribution is 5.99. The summed E-state index contributed by atoms with van der Waals surface area (Å²) in [6, 6.07) is 7.27. The molecule has 41 heavy (non-hydrogen) atoms. The monoisotopic (exact) mass is 565 g/mol. The Balaban J connectivity index is 1.44. The third-order valence-corrected chi connectivity index (χ3v) is 7.70. The van der Waals surface area contributed by atoms with E-state index < -0.39 is 11.9 Å². The molecule has 0 unspecified atom stereocenters. The minimum absolute atomic E-state index is 0.0418. The summed E-state index contributed by atoms with van der Waals surface area (Å²) in [4.78, 5) is 19.9. The van der Waals surface area contributed by atoms with Crippen molar-refractivity contribution in [1.82, 2.24) is 28.8 Å². The van der Waals surface area contributed by atoms with E-state index in [-0.39, 0.29) is 31.1 Å².